The fraction of sp³-hybridized carbons (Fsp3) is 0.571. The maximum absolute atomic E-state index is 11.3. The first-order chi connectivity index (χ1) is 8.67. The number of hydrogen-bond acceptors (Lipinski definition) is 4. The van der Waals surface area contributed by atoms with E-state index in [-0.39, 0.29) is 5.97 Å². The van der Waals surface area contributed by atoms with Crippen molar-refractivity contribution in [3.8, 4) is 0 Å². The van der Waals surface area contributed by atoms with Crippen molar-refractivity contribution < 1.29 is 9.53 Å². The second-order valence-corrected chi connectivity index (χ2v) is 5.33. The number of piperidine rings is 1. The van der Waals surface area contributed by atoms with Crippen molar-refractivity contribution in [2.45, 2.75) is 19.8 Å². The van der Waals surface area contributed by atoms with E-state index in [1.807, 2.05) is 19.1 Å². The van der Waals surface area contributed by atoms with E-state index in [0.29, 0.717) is 6.42 Å². The Morgan fingerprint density at radius 2 is 2.17 bits per heavy atom. The van der Waals surface area contributed by atoms with Crippen LogP contribution in [0, 0.1) is 18.8 Å². The van der Waals surface area contributed by atoms with Gasteiger partial charge in [-0.3, -0.25) is 4.79 Å². The molecule has 2 aliphatic rings. The monoisotopic (exact) mass is 246 g/mol. The highest BCUT2D eigenvalue weighted by molar-refractivity contribution is 5.72. The zero-order valence-corrected chi connectivity index (χ0v) is 10.8. The molecule has 2 atom stereocenters. The number of fused-ring (bicyclic) bond motifs is 1. The average Bonchev–Trinajstić information content (AvgIpc) is 2.98. The van der Waals surface area contributed by atoms with Crippen LogP contribution in [0.5, 0.6) is 0 Å². The van der Waals surface area contributed by atoms with Crippen molar-refractivity contribution in [1.29, 1.82) is 0 Å². The van der Waals surface area contributed by atoms with E-state index >= 15 is 0 Å². The molecule has 0 spiro atoms. The van der Waals surface area contributed by atoms with Crippen molar-refractivity contribution in [3.05, 3.63) is 23.4 Å². The van der Waals surface area contributed by atoms with Crippen LogP contribution in [0.3, 0.4) is 0 Å². The molecule has 96 valence electrons. The molecule has 2 fully saturated rings. The topological polar surface area (TPSA) is 42.4 Å². The van der Waals surface area contributed by atoms with Crippen molar-refractivity contribution in [2.24, 2.45) is 11.8 Å². The quantitative estimate of drug-likeness (QED) is 0.759. The summed E-state index contributed by atoms with van der Waals surface area (Å²) in [6, 6.07) is 4.02. The first kappa shape index (κ1) is 11.5. The summed E-state index contributed by atoms with van der Waals surface area (Å²) < 4.78 is 4.68. The lowest BCUT2D eigenvalue weighted by Crippen LogP contribution is -2.23. The van der Waals surface area contributed by atoms with Crippen molar-refractivity contribution in [1.82, 2.24) is 4.98 Å². The maximum atomic E-state index is 11.3. The number of hydrogen-bond donors (Lipinski definition) is 0. The van der Waals surface area contributed by atoms with E-state index in [1.54, 1.807) is 0 Å². The van der Waals surface area contributed by atoms with Gasteiger partial charge in [0.2, 0.25) is 0 Å². The maximum Gasteiger partial charge on any atom is 0.310 e. The standard InChI is InChI=1S/C14H18N2O2/c1-9-10(6-14(17)18-2)3-4-13(15-9)16-7-11-5-12(11)8-16/h3-4,11-12H,5-8H2,1-2H3. The summed E-state index contributed by atoms with van der Waals surface area (Å²) in [6.45, 7) is 4.25. The third-order valence-electron chi connectivity index (χ3n) is 4.05. The molecule has 4 nitrogen and oxygen atoms in total. The number of nitrogens with zero attached hydrogens (tertiary/aromatic N) is 2. The third-order valence-corrected chi connectivity index (χ3v) is 4.05. The lowest BCUT2D eigenvalue weighted by molar-refractivity contribution is -0.139. The second kappa shape index (κ2) is 4.26. The van der Waals surface area contributed by atoms with E-state index in [2.05, 4.69) is 14.6 Å². The van der Waals surface area contributed by atoms with Gasteiger partial charge in [-0.2, -0.15) is 0 Å². The molecule has 1 aliphatic heterocycles. The Kier molecular flexibility index (Phi) is 2.73. The zero-order chi connectivity index (χ0) is 12.7. The summed E-state index contributed by atoms with van der Waals surface area (Å²) in [5.41, 5.74) is 1.88. The number of ether oxygens (including phenoxy) is 1. The number of esters is 1. The van der Waals surface area contributed by atoms with E-state index < -0.39 is 0 Å². The number of carbonyl (C=O) groups is 1. The first-order valence-corrected chi connectivity index (χ1v) is 6.45. The van der Waals surface area contributed by atoms with Gasteiger partial charge in [0, 0.05) is 18.8 Å². The summed E-state index contributed by atoms with van der Waals surface area (Å²) in [7, 11) is 1.41. The number of pyridine rings is 1. The predicted molar refractivity (Wildman–Crippen MR) is 68.5 cm³/mol. The molecule has 1 aliphatic carbocycles. The molecule has 0 radical (unpaired) electrons. The SMILES string of the molecule is COC(=O)Cc1ccc(N2CC3CC3C2)nc1C. The number of methoxy groups -OCH3 is 1. The minimum absolute atomic E-state index is 0.213. The number of carbonyl (C=O) groups excluding carboxylic acids is 1. The minimum atomic E-state index is -0.213. The molecule has 1 aromatic rings. The fourth-order valence-corrected chi connectivity index (χ4v) is 2.75. The van der Waals surface area contributed by atoms with Crippen molar-refractivity contribution >= 4 is 11.8 Å². The van der Waals surface area contributed by atoms with E-state index in [0.717, 1.165) is 42.0 Å². The summed E-state index contributed by atoms with van der Waals surface area (Å²) in [4.78, 5) is 18.2. The Balaban J connectivity index is 1.74. The van der Waals surface area contributed by atoms with Crippen LogP contribution in [0.4, 0.5) is 5.82 Å². The average molecular weight is 246 g/mol. The molecule has 0 bridgehead atoms. The summed E-state index contributed by atoms with van der Waals surface area (Å²) in [6.07, 6.45) is 1.71. The predicted octanol–water partition coefficient (Wildman–Crippen LogP) is 1.56. The van der Waals surface area contributed by atoms with Crippen LogP contribution in [0.2, 0.25) is 0 Å². The molecule has 0 aromatic carbocycles. The molecule has 2 heterocycles. The number of rotatable bonds is 3. The first-order valence-electron chi connectivity index (χ1n) is 6.45. The number of anilines is 1. The molecule has 3 rings (SSSR count). The van der Waals surface area contributed by atoms with Crippen LogP contribution in [-0.4, -0.2) is 31.2 Å². The fourth-order valence-electron chi connectivity index (χ4n) is 2.75. The Morgan fingerprint density at radius 3 is 2.78 bits per heavy atom. The highest BCUT2D eigenvalue weighted by Gasteiger charge is 2.45. The van der Waals surface area contributed by atoms with Crippen LogP contribution in [0.1, 0.15) is 17.7 Å². The number of aryl methyl sites for hydroxylation is 1. The van der Waals surface area contributed by atoms with Crippen LogP contribution in [0.25, 0.3) is 0 Å². The molecule has 1 saturated carbocycles. The van der Waals surface area contributed by atoms with Gasteiger partial charge in [0.05, 0.1) is 13.5 Å². The second-order valence-electron chi connectivity index (χ2n) is 5.33. The largest absolute Gasteiger partial charge is 0.469 e. The molecule has 1 saturated heterocycles. The van der Waals surface area contributed by atoms with Crippen LogP contribution in [0.15, 0.2) is 12.1 Å². The molecule has 0 amide bonds. The Morgan fingerprint density at radius 1 is 1.44 bits per heavy atom. The molecule has 4 heteroatoms. The van der Waals surface area contributed by atoms with Gasteiger partial charge in [-0.25, -0.2) is 4.98 Å². The van der Waals surface area contributed by atoms with Crippen molar-refractivity contribution in [2.75, 3.05) is 25.1 Å². The highest BCUT2D eigenvalue weighted by Crippen LogP contribution is 2.45. The summed E-state index contributed by atoms with van der Waals surface area (Å²) in [5.74, 6) is 2.65. The molecular weight excluding hydrogens is 228 g/mol. The van der Waals surface area contributed by atoms with E-state index in [9.17, 15) is 4.79 Å². The van der Waals surface area contributed by atoms with E-state index in [1.165, 1.54) is 13.5 Å². The van der Waals surface area contributed by atoms with Gasteiger partial charge in [0.15, 0.2) is 0 Å². The molecule has 18 heavy (non-hydrogen) atoms. The van der Waals surface area contributed by atoms with Crippen LogP contribution in [-0.2, 0) is 16.0 Å². The summed E-state index contributed by atoms with van der Waals surface area (Å²) in [5, 5.41) is 0. The van der Waals surface area contributed by atoms with Crippen LogP contribution >= 0.6 is 0 Å². The highest BCUT2D eigenvalue weighted by atomic mass is 16.5. The van der Waals surface area contributed by atoms with Gasteiger partial charge in [0.1, 0.15) is 5.82 Å². The van der Waals surface area contributed by atoms with Gasteiger partial charge in [-0.1, -0.05) is 6.07 Å². The van der Waals surface area contributed by atoms with Gasteiger partial charge >= 0.3 is 5.97 Å². The number of aromatic nitrogens is 1. The van der Waals surface area contributed by atoms with Crippen molar-refractivity contribution in [3.63, 3.8) is 0 Å². The minimum Gasteiger partial charge on any atom is -0.469 e. The lowest BCUT2D eigenvalue weighted by Gasteiger charge is -2.20. The zero-order valence-electron chi connectivity index (χ0n) is 10.8. The summed E-state index contributed by atoms with van der Waals surface area (Å²) >= 11 is 0. The normalized spacial score (nSPS) is 24.9. The van der Waals surface area contributed by atoms with Gasteiger partial charge in [-0.05, 0) is 36.8 Å². The van der Waals surface area contributed by atoms with Gasteiger partial charge < -0.3 is 9.64 Å². The van der Waals surface area contributed by atoms with Gasteiger partial charge in [0.25, 0.3) is 0 Å². The molecule has 1 aromatic heterocycles. The van der Waals surface area contributed by atoms with Crippen LogP contribution < -0.4 is 4.90 Å². The Labute approximate surface area is 107 Å². The smallest absolute Gasteiger partial charge is 0.310 e. The van der Waals surface area contributed by atoms with Gasteiger partial charge in [-0.15, -0.1) is 0 Å². The third kappa shape index (κ3) is 2.07. The molecule has 2 unspecified atom stereocenters. The van der Waals surface area contributed by atoms with E-state index in [4.69, 9.17) is 0 Å². The molecular formula is C14H18N2O2. The molecule has 0 N–H and O–H groups in total. The Bertz CT molecular complexity index is 477. The Hall–Kier alpha value is -1.58. The lowest BCUT2D eigenvalue weighted by atomic mass is 10.1.